The number of nitrogens with one attached hydrogen (secondary N) is 2. The summed E-state index contributed by atoms with van der Waals surface area (Å²) in [4.78, 5) is 29.4. The molecule has 0 saturated heterocycles. The molecule has 3 amide bonds. The number of aliphatic imine (C=N–C) groups is 1. The Kier molecular flexibility index (Phi) is 7.06. The Morgan fingerprint density at radius 2 is 1.50 bits per heavy atom. The fourth-order valence-electron chi connectivity index (χ4n) is 2.66. The normalized spacial score (nSPS) is 12.1. The smallest absolute Gasteiger partial charge is 0.320 e. The summed E-state index contributed by atoms with van der Waals surface area (Å²) in [7, 11) is 0. The number of hydrogen-bond donors (Lipinski definition) is 3. The number of carbonyl (C=O) groups is 2. The zero-order chi connectivity index (χ0) is 21.5. The molecule has 1 atom stereocenters. The minimum absolute atomic E-state index is 0.0632. The van der Waals surface area contributed by atoms with E-state index in [4.69, 9.17) is 28.9 Å². The van der Waals surface area contributed by atoms with E-state index in [0.29, 0.717) is 26.9 Å². The molecule has 0 saturated carbocycles. The highest BCUT2D eigenvalue weighted by Gasteiger charge is 2.23. The van der Waals surface area contributed by atoms with Crippen molar-refractivity contribution in [2.45, 2.75) is 6.04 Å². The van der Waals surface area contributed by atoms with Gasteiger partial charge in [0.15, 0.2) is 0 Å². The van der Waals surface area contributed by atoms with Gasteiger partial charge >= 0.3 is 6.03 Å². The van der Waals surface area contributed by atoms with Crippen molar-refractivity contribution in [3.8, 4) is 0 Å². The van der Waals surface area contributed by atoms with Gasteiger partial charge < -0.3 is 16.4 Å². The van der Waals surface area contributed by atoms with Crippen molar-refractivity contribution >= 4 is 46.7 Å². The maximum absolute atomic E-state index is 12.9. The lowest BCUT2D eigenvalue weighted by Crippen LogP contribution is -2.37. The summed E-state index contributed by atoms with van der Waals surface area (Å²) in [5, 5.41) is 5.92. The number of urea groups is 1. The Labute approximate surface area is 183 Å². The van der Waals surface area contributed by atoms with E-state index >= 15 is 0 Å². The third-order valence-corrected chi connectivity index (χ3v) is 4.87. The lowest BCUT2D eigenvalue weighted by Gasteiger charge is -2.17. The van der Waals surface area contributed by atoms with Crippen LogP contribution in [0.1, 0.15) is 17.2 Å². The van der Waals surface area contributed by atoms with Gasteiger partial charge in [0.25, 0.3) is 5.91 Å². The van der Waals surface area contributed by atoms with Crippen molar-refractivity contribution in [1.82, 2.24) is 5.32 Å². The second kappa shape index (κ2) is 9.91. The first-order chi connectivity index (χ1) is 14.4. The van der Waals surface area contributed by atoms with Gasteiger partial charge in [0.1, 0.15) is 11.9 Å². The molecule has 30 heavy (non-hydrogen) atoms. The maximum Gasteiger partial charge on any atom is 0.320 e. The quantitative estimate of drug-likeness (QED) is 0.392. The fourth-order valence-corrected chi connectivity index (χ4v) is 2.96. The molecule has 4 N–H and O–H groups in total. The number of anilines is 1. The second-order valence-electron chi connectivity index (χ2n) is 6.27. The zero-order valence-electron chi connectivity index (χ0n) is 15.7. The molecule has 3 rings (SSSR count). The van der Waals surface area contributed by atoms with Crippen LogP contribution in [0, 0.1) is 0 Å². The van der Waals surface area contributed by atoms with E-state index in [-0.39, 0.29) is 5.84 Å². The number of amides is 3. The zero-order valence-corrected chi connectivity index (χ0v) is 17.2. The van der Waals surface area contributed by atoms with Crippen molar-refractivity contribution in [2.75, 3.05) is 5.32 Å². The molecule has 0 fully saturated rings. The number of hydrogen-bond acceptors (Lipinski definition) is 2. The Morgan fingerprint density at radius 1 is 0.867 bits per heavy atom. The number of rotatable bonds is 5. The van der Waals surface area contributed by atoms with Gasteiger partial charge in [0.05, 0.1) is 10.0 Å². The largest absolute Gasteiger partial charge is 0.383 e. The average Bonchev–Trinajstić information content (AvgIpc) is 2.75. The summed E-state index contributed by atoms with van der Waals surface area (Å²) >= 11 is 11.9. The molecule has 0 aliphatic carbocycles. The van der Waals surface area contributed by atoms with Crippen molar-refractivity contribution in [3.63, 3.8) is 0 Å². The van der Waals surface area contributed by atoms with Gasteiger partial charge in [-0.1, -0.05) is 83.9 Å². The van der Waals surface area contributed by atoms with Gasteiger partial charge in [-0.05, 0) is 23.8 Å². The summed E-state index contributed by atoms with van der Waals surface area (Å²) in [6.45, 7) is 0. The molecule has 1 unspecified atom stereocenters. The number of halogens is 2. The van der Waals surface area contributed by atoms with E-state index in [9.17, 15) is 9.59 Å². The second-order valence-corrected chi connectivity index (χ2v) is 7.09. The third kappa shape index (κ3) is 5.59. The van der Waals surface area contributed by atoms with Gasteiger partial charge in [-0.15, -0.1) is 0 Å². The highest BCUT2D eigenvalue weighted by Crippen LogP contribution is 2.25. The first-order valence-electron chi connectivity index (χ1n) is 8.95. The number of nitrogens with two attached hydrogens (primary N) is 1. The molecule has 3 aromatic rings. The molecule has 0 aliphatic heterocycles. The summed E-state index contributed by atoms with van der Waals surface area (Å²) in [5.74, 6) is -0.542. The fraction of sp³-hybridized carbons (Fsp3) is 0.0455. The van der Waals surface area contributed by atoms with Crippen LogP contribution in [0.5, 0.6) is 0 Å². The van der Waals surface area contributed by atoms with Crippen LogP contribution >= 0.6 is 23.2 Å². The maximum atomic E-state index is 12.9. The third-order valence-electron chi connectivity index (χ3n) is 4.13. The van der Waals surface area contributed by atoms with E-state index in [2.05, 4.69) is 15.6 Å². The number of carbonyl (C=O) groups excluding carboxylic acids is 2. The highest BCUT2D eigenvalue weighted by molar-refractivity contribution is 6.42. The molecular formula is C22H18Cl2N4O2. The van der Waals surface area contributed by atoms with Crippen LogP contribution in [0.3, 0.4) is 0 Å². The molecular weight excluding hydrogens is 423 g/mol. The molecule has 0 bridgehead atoms. The molecule has 6 nitrogen and oxygen atoms in total. The van der Waals surface area contributed by atoms with Crippen molar-refractivity contribution in [2.24, 2.45) is 10.7 Å². The van der Waals surface area contributed by atoms with Gasteiger partial charge in [-0.25, -0.2) is 4.79 Å². The van der Waals surface area contributed by atoms with Gasteiger partial charge in [0.2, 0.25) is 0 Å². The molecule has 8 heteroatoms. The Morgan fingerprint density at radius 3 is 2.13 bits per heavy atom. The predicted molar refractivity (Wildman–Crippen MR) is 120 cm³/mol. The van der Waals surface area contributed by atoms with E-state index in [1.807, 2.05) is 12.1 Å². The Balaban J connectivity index is 1.81. The lowest BCUT2D eigenvalue weighted by atomic mass is 10.1. The molecule has 0 aromatic heterocycles. The molecule has 152 valence electrons. The van der Waals surface area contributed by atoms with Gasteiger partial charge in [-0.3, -0.25) is 4.79 Å². The lowest BCUT2D eigenvalue weighted by molar-refractivity contribution is -0.119. The molecule has 0 aliphatic rings. The highest BCUT2D eigenvalue weighted by atomic mass is 35.5. The van der Waals surface area contributed by atoms with Crippen LogP contribution in [-0.4, -0.2) is 17.8 Å². The first kappa shape index (κ1) is 21.4. The van der Waals surface area contributed by atoms with Crippen LogP contribution in [0.4, 0.5) is 10.5 Å². The van der Waals surface area contributed by atoms with Crippen molar-refractivity contribution in [3.05, 3.63) is 100 Å². The minimum Gasteiger partial charge on any atom is -0.383 e. The number of benzene rings is 3. The summed E-state index contributed by atoms with van der Waals surface area (Å²) < 4.78 is 0. The topological polar surface area (TPSA) is 96.6 Å². The standard InChI is InChI=1S/C22H18Cl2N4O2/c23-17-12-11-16(13-18(17)24)26-22(30)27-19(14-7-3-1-4-8-14)21(29)28-20(25)15-9-5-2-6-10-15/h1-13,19H,(H2,25,28,29)(H2,26,27,30). The van der Waals surface area contributed by atoms with Crippen molar-refractivity contribution in [1.29, 1.82) is 0 Å². The Hall–Kier alpha value is -3.35. The van der Waals surface area contributed by atoms with Crippen LogP contribution < -0.4 is 16.4 Å². The summed E-state index contributed by atoms with van der Waals surface area (Å²) in [5.41, 5.74) is 7.57. The van der Waals surface area contributed by atoms with Crippen LogP contribution in [0.25, 0.3) is 0 Å². The predicted octanol–water partition coefficient (Wildman–Crippen LogP) is 4.79. The number of amidine groups is 1. The van der Waals surface area contributed by atoms with Gasteiger partial charge in [0, 0.05) is 11.3 Å². The van der Waals surface area contributed by atoms with Crippen LogP contribution in [-0.2, 0) is 4.79 Å². The molecule has 3 aromatic carbocycles. The van der Waals surface area contributed by atoms with E-state index in [0.717, 1.165) is 0 Å². The monoisotopic (exact) mass is 440 g/mol. The van der Waals surface area contributed by atoms with E-state index in [1.54, 1.807) is 60.7 Å². The van der Waals surface area contributed by atoms with Crippen LogP contribution in [0.2, 0.25) is 10.0 Å². The Bertz CT molecular complexity index is 1070. The van der Waals surface area contributed by atoms with E-state index < -0.39 is 18.0 Å². The summed E-state index contributed by atoms with van der Waals surface area (Å²) in [6, 6.07) is 20.7. The summed E-state index contributed by atoms with van der Waals surface area (Å²) in [6.07, 6.45) is 0. The molecule has 0 spiro atoms. The van der Waals surface area contributed by atoms with Gasteiger partial charge in [-0.2, -0.15) is 4.99 Å². The molecule has 0 heterocycles. The average molecular weight is 441 g/mol. The number of nitrogens with zero attached hydrogens (tertiary/aromatic N) is 1. The van der Waals surface area contributed by atoms with Crippen LogP contribution in [0.15, 0.2) is 83.9 Å². The minimum atomic E-state index is -1.03. The first-order valence-corrected chi connectivity index (χ1v) is 9.70. The van der Waals surface area contributed by atoms with E-state index in [1.165, 1.54) is 6.07 Å². The SMILES string of the molecule is NC(=NC(=O)C(NC(=O)Nc1ccc(Cl)c(Cl)c1)c1ccccc1)c1ccccc1. The van der Waals surface area contributed by atoms with Crippen molar-refractivity contribution < 1.29 is 9.59 Å². The molecule has 0 radical (unpaired) electrons.